The van der Waals surface area contributed by atoms with Gasteiger partial charge in [0.1, 0.15) is 0 Å². The predicted octanol–water partition coefficient (Wildman–Crippen LogP) is 2.32. The highest BCUT2D eigenvalue weighted by atomic mass is 32.2. The summed E-state index contributed by atoms with van der Waals surface area (Å²) < 4.78 is 63.4. The zero-order chi connectivity index (χ0) is 16.7. The molecule has 0 aromatic heterocycles. The van der Waals surface area contributed by atoms with Crippen LogP contribution in [0.3, 0.4) is 0 Å². The van der Waals surface area contributed by atoms with Gasteiger partial charge in [-0.1, -0.05) is 12.1 Å². The molecular weight excluding hydrogens is 329 g/mol. The Bertz CT molecular complexity index is 646. The van der Waals surface area contributed by atoms with Crippen molar-refractivity contribution in [2.75, 3.05) is 26.2 Å². The molecule has 0 amide bonds. The number of hydrogen-bond acceptors (Lipinski definition) is 3. The fourth-order valence-corrected chi connectivity index (χ4v) is 4.60. The Morgan fingerprint density at radius 1 is 1.00 bits per heavy atom. The van der Waals surface area contributed by atoms with Gasteiger partial charge in [0.2, 0.25) is 10.0 Å². The molecule has 3 rings (SSSR count). The van der Waals surface area contributed by atoms with Crippen LogP contribution in [0, 0.1) is 0 Å². The molecule has 1 aliphatic carbocycles. The molecule has 4 nitrogen and oxygen atoms in total. The molecular formula is C15H19F3N2O2S. The van der Waals surface area contributed by atoms with Gasteiger partial charge in [-0.25, -0.2) is 8.42 Å². The molecule has 1 aromatic carbocycles. The molecule has 0 N–H and O–H groups in total. The van der Waals surface area contributed by atoms with Crippen molar-refractivity contribution < 1.29 is 21.6 Å². The first-order valence-corrected chi connectivity index (χ1v) is 9.14. The second kappa shape index (κ2) is 6.07. The van der Waals surface area contributed by atoms with Crippen LogP contribution in [0.2, 0.25) is 0 Å². The van der Waals surface area contributed by atoms with E-state index in [9.17, 15) is 21.6 Å². The van der Waals surface area contributed by atoms with E-state index in [4.69, 9.17) is 0 Å². The molecule has 0 bridgehead atoms. The molecule has 1 aliphatic heterocycles. The lowest BCUT2D eigenvalue weighted by Crippen LogP contribution is -2.49. The number of nitrogens with zero attached hydrogens (tertiary/aromatic N) is 2. The lowest BCUT2D eigenvalue weighted by molar-refractivity contribution is -0.137. The molecule has 128 valence electrons. The van der Waals surface area contributed by atoms with E-state index in [1.165, 1.54) is 12.1 Å². The second-order valence-electron chi connectivity index (χ2n) is 6.11. The molecule has 1 aromatic rings. The van der Waals surface area contributed by atoms with Crippen LogP contribution >= 0.6 is 0 Å². The Hall–Kier alpha value is -1.12. The third kappa shape index (κ3) is 3.87. The van der Waals surface area contributed by atoms with Crippen molar-refractivity contribution >= 4 is 10.0 Å². The molecule has 0 atom stereocenters. The van der Waals surface area contributed by atoms with E-state index in [-0.39, 0.29) is 5.25 Å². The van der Waals surface area contributed by atoms with Gasteiger partial charge in [-0.15, -0.1) is 0 Å². The number of sulfonamides is 1. The van der Waals surface area contributed by atoms with Gasteiger partial charge in [-0.05, 0) is 30.5 Å². The number of benzene rings is 1. The summed E-state index contributed by atoms with van der Waals surface area (Å²) in [4.78, 5) is 2.07. The maximum absolute atomic E-state index is 12.5. The molecule has 0 spiro atoms. The molecule has 0 unspecified atom stereocenters. The van der Waals surface area contributed by atoms with Crippen LogP contribution in [0.5, 0.6) is 0 Å². The normalized spacial score (nSPS) is 21.5. The minimum atomic E-state index is -4.32. The number of alkyl halides is 3. The summed E-state index contributed by atoms with van der Waals surface area (Å²) in [6.07, 6.45) is -2.80. The van der Waals surface area contributed by atoms with Crippen LogP contribution in [-0.4, -0.2) is 49.1 Å². The van der Waals surface area contributed by atoms with Crippen LogP contribution in [0.15, 0.2) is 24.3 Å². The van der Waals surface area contributed by atoms with E-state index in [2.05, 4.69) is 4.90 Å². The average molecular weight is 348 g/mol. The van der Waals surface area contributed by atoms with Crippen molar-refractivity contribution in [2.24, 2.45) is 0 Å². The zero-order valence-electron chi connectivity index (χ0n) is 12.6. The molecule has 23 heavy (non-hydrogen) atoms. The smallest absolute Gasteiger partial charge is 0.296 e. The van der Waals surface area contributed by atoms with Crippen molar-refractivity contribution in [1.82, 2.24) is 9.21 Å². The van der Waals surface area contributed by atoms with Crippen LogP contribution < -0.4 is 0 Å². The summed E-state index contributed by atoms with van der Waals surface area (Å²) in [5, 5.41) is -0.191. The van der Waals surface area contributed by atoms with Crippen molar-refractivity contribution in [1.29, 1.82) is 0 Å². The van der Waals surface area contributed by atoms with Crippen molar-refractivity contribution in [3.63, 3.8) is 0 Å². The summed E-state index contributed by atoms with van der Waals surface area (Å²) in [5.41, 5.74) is 0.151. The quantitative estimate of drug-likeness (QED) is 0.838. The third-order valence-electron chi connectivity index (χ3n) is 4.32. The third-order valence-corrected chi connectivity index (χ3v) is 6.72. The van der Waals surface area contributed by atoms with E-state index in [1.807, 2.05) is 0 Å². The van der Waals surface area contributed by atoms with Gasteiger partial charge >= 0.3 is 6.18 Å². The minimum Gasteiger partial charge on any atom is -0.296 e. The maximum atomic E-state index is 12.5. The Morgan fingerprint density at radius 3 is 2.04 bits per heavy atom. The van der Waals surface area contributed by atoms with Crippen LogP contribution in [-0.2, 0) is 22.7 Å². The number of halogens is 3. The van der Waals surface area contributed by atoms with E-state index in [0.717, 1.165) is 30.5 Å². The SMILES string of the molecule is O=S(=O)(C1CC1)N1CCN(Cc2ccc(C(F)(F)F)cc2)CC1. The summed E-state index contributed by atoms with van der Waals surface area (Å²) in [7, 11) is -3.13. The van der Waals surface area contributed by atoms with Crippen LogP contribution in [0.25, 0.3) is 0 Å². The highest BCUT2D eigenvalue weighted by Crippen LogP contribution is 2.32. The van der Waals surface area contributed by atoms with E-state index in [1.54, 1.807) is 4.31 Å². The maximum Gasteiger partial charge on any atom is 0.416 e. The molecule has 2 fully saturated rings. The largest absolute Gasteiger partial charge is 0.416 e. The van der Waals surface area contributed by atoms with E-state index >= 15 is 0 Å². The lowest BCUT2D eigenvalue weighted by Gasteiger charge is -2.34. The van der Waals surface area contributed by atoms with Crippen molar-refractivity contribution in [2.45, 2.75) is 30.8 Å². The fourth-order valence-electron chi connectivity index (χ4n) is 2.78. The molecule has 1 saturated heterocycles. The Kier molecular flexibility index (Phi) is 4.41. The van der Waals surface area contributed by atoms with Gasteiger partial charge in [0.25, 0.3) is 0 Å². The second-order valence-corrected chi connectivity index (χ2v) is 8.33. The number of rotatable bonds is 4. The Morgan fingerprint density at radius 2 is 1.57 bits per heavy atom. The standard InChI is InChI=1S/C15H19F3N2O2S/c16-15(17,18)13-3-1-12(2-4-13)11-19-7-9-20(10-8-19)23(21,22)14-5-6-14/h1-4,14H,5-11H2. The molecule has 2 aliphatic rings. The van der Waals surface area contributed by atoms with Crippen molar-refractivity contribution in [3.05, 3.63) is 35.4 Å². The summed E-state index contributed by atoms with van der Waals surface area (Å²) >= 11 is 0. The molecule has 0 radical (unpaired) electrons. The first kappa shape index (κ1) is 16.7. The lowest BCUT2D eigenvalue weighted by atomic mass is 10.1. The summed E-state index contributed by atoms with van der Waals surface area (Å²) in [6.45, 7) is 2.66. The fraction of sp³-hybridized carbons (Fsp3) is 0.600. The van der Waals surface area contributed by atoms with Gasteiger partial charge in [0.15, 0.2) is 0 Å². The van der Waals surface area contributed by atoms with Crippen molar-refractivity contribution in [3.8, 4) is 0 Å². The van der Waals surface area contributed by atoms with Crippen LogP contribution in [0.1, 0.15) is 24.0 Å². The van der Waals surface area contributed by atoms with Gasteiger partial charge in [-0.3, -0.25) is 4.90 Å². The highest BCUT2D eigenvalue weighted by Gasteiger charge is 2.40. The minimum absolute atomic E-state index is 0.191. The average Bonchev–Trinajstić information content (AvgIpc) is 3.32. The first-order valence-electron chi connectivity index (χ1n) is 7.64. The van der Waals surface area contributed by atoms with E-state index in [0.29, 0.717) is 32.7 Å². The van der Waals surface area contributed by atoms with E-state index < -0.39 is 21.8 Å². The first-order chi connectivity index (χ1) is 10.8. The Labute approximate surface area is 133 Å². The van der Waals surface area contributed by atoms with Gasteiger partial charge < -0.3 is 0 Å². The molecule has 1 saturated carbocycles. The van der Waals surface area contributed by atoms with Crippen LogP contribution in [0.4, 0.5) is 13.2 Å². The topological polar surface area (TPSA) is 40.6 Å². The highest BCUT2D eigenvalue weighted by molar-refractivity contribution is 7.90. The number of piperazine rings is 1. The zero-order valence-corrected chi connectivity index (χ0v) is 13.4. The van der Waals surface area contributed by atoms with Gasteiger partial charge in [-0.2, -0.15) is 17.5 Å². The van der Waals surface area contributed by atoms with Gasteiger partial charge in [0, 0.05) is 32.7 Å². The molecule has 1 heterocycles. The molecule has 8 heteroatoms. The monoisotopic (exact) mass is 348 g/mol. The van der Waals surface area contributed by atoms with Gasteiger partial charge in [0.05, 0.1) is 10.8 Å². The predicted molar refractivity (Wildman–Crippen MR) is 80.2 cm³/mol. The Balaban J connectivity index is 1.54. The summed E-state index contributed by atoms with van der Waals surface area (Å²) in [6, 6.07) is 5.14. The summed E-state index contributed by atoms with van der Waals surface area (Å²) in [5.74, 6) is 0. The number of hydrogen-bond donors (Lipinski definition) is 0.